The van der Waals surface area contributed by atoms with Crippen LogP contribution in [0.3, 0.4) is 0 Å². The normalized spacial score (nSPS) is 16.8. The highest BCUT2D eigenvalue weighted by atomic mass is 15.1. The molecule has 0 bridgehead atoms. The zero-order valence-corrected chi connectivity index (χ0v) is 13.2. The highest BCUT2D eigenvalue weighted by Crippen LogP contribution is 2.23. The van der Waals surface area contributed by atoms with E-state index in [1.165, 1.54) is 49.0 Å². The van der Waals surface area contributed by atoms with Crippen molar-refractivity contribution in [2.24, 2.45) is 11.7 Å². The molecule has 1 saturated heterocycles. The van der Waals surface area contributed by atoms with Crippen LogP contribution in [0.1, 0.15) is 29.5 Å². The zero-order valence-electron chi connectivity index (χ0n) is 13.2. The summed E-state index contributed by atoms with van der Waals surface area (Å²) in [6, 6.07) is 19.6. The molecule has 0 radical (unpaired) electrons. The predicted octanol–water partition coefficient (Wildman–Crippen LogP) is 3.60. The van der Waals surface area contributed by atoms with Crippen molar-refractivity contribution in [3.05, 3.63) is 71.3 Å². The molecule has 0 saturated carbocycles. The lowest BCUT2D eigenvalue weighted by Crippen LogP contribution is -2.33. The van der Waals surface area contributed by atoms with Gasteiger partial charge in [0.15, 0.2) is 0 Å². The summed E-state index contributed by atoms with van der Waals surface area (Å²) in [6.45, 7) is 4.18. The Labute approximate surface area is 134 Å². The fourth-order valence-electron chi connectivity index (χ4n) is 3.34. The van der Waals surface area contributed by atoms with Crippen molar-refractivity contribution < 1.29 is 0 Å². The Hall–Kier alpha value is -1.64. The van der Waals surface area contributed by atoms with Crippen molar-refractivity contribution in [2.75, 3.05) is 13.1 Å². The summed E-state index contributed by atoms with van der Waals surface area (Å²) < 4.78 is 0. The summed E-state index contributed by atoms with van der Waals surface area (Å²) in [5.74, 6) is 0.829. The van der Waals surface area contributed by atoms with Crippen molar-refractivity contribution in [1.82, 2.24) is 4.90 Å². The van der Waals surface area contributed by atoms with E-state index < -0.39 is 0 Å². The van der Waals surface area contributed by atoms with E-state index in [0.717, 1.165) is 12.5 Å². The molecule has 1 aliphatic heterocycles. The lowest BCUT2D eigenvalue weighted by atomic mass is 9.90. The third-order valence-corrected chi connectivity index (χ3v) is 4.74. The van der Waals surface area contributed by atoms with E-state index in [2.05, 4.69) is 59.5 Å². The molecule has 2 aromatic rings. The minimum Gasteiger partial charge on any atom is -0.326 e. The summed E-state index contributed by atoms with van der Waals surface area (Å²) in [5.41, 5.74) is 9.77. The first-order chi connectivity index (χ1) is 10.8. The number of rotatable bonds is 5. The van der Waals surface area contributed by atoms with E-state index in [9.17, 15) is 0 Å². The molecule has 0 aromatic heterocycles. The van der Waals surface area contributed by atoms with Gasteiger partial charge in [0.2, 0.25) is 0 Å². The van der Waals surface area contributed by atoms with Gasteiger partial charge in [-0.15, -0.1) is 0 Å². The van der Waals surface area contributed by atoms with Crippen molar-refractivity contribution in [2.45, 2.75) is 32.4 Å². The lowest BCUT2D eigenvalue weighted by molar-refractivity contribution is 0.177. The van der Waals surface area contributed by atoms with Gasteiger partial charge in [-0.1, -0.05) is 54.6 Å². The summed E-state index contributed by atoms with van der Waals surface area (Å²) in [4.78, 5) is 2.59. The van der Waals surface area contributed by atoms with Crippen LogP contribution in [-0.4, -0.2) is 18.0 Å². The summed E-state index contributed by atoms with van der Waals surface area (Å²) >= 11 is 0. The van der Waals surface area contributed by atoms with Gasteiger partial charge in [-0.05, 0) is 55.0 Å². The topological polar surface area (TPSA) is 29.3 Å². The number of nitrogens with two attached hydrogens (primary N) is 1. The Bertz CT molecular complexity index is 554. The first-order valence-corrected chi connectivity index (χ1v) is 8.37. The van der Waals surface area contributed by atoms with E-state index >= 15 is 0 Å². The van der Waals surface area contributed by atoms with Crippen LogP contribution in [0.4, 0.5) is 0 Å². The van der Waals surface area contributed by atoms with Crippen molar-refractivity contribution in [3.8, 4) is 0 Å². The van der Waals surface area contributed by atoms with E-state index in [-0.39, 0.29) is 0 Å². The van der Waals surface area contributed by atoms with Crippen LogP contribution in [0.5, 0.6) is 0 Å². The van der Waals surface area contributed by atoms with Crippen molar-refractivity contribution in [3.63, 3.8) is 0 Å². The second-order valence-electron chi connectivity index (χ2n) is 6.43. The third-order valence-electron chi connectivity index (χ3n) is 4.74. The zero-order chi connectivity index (χ0) is 15.2. The monoisotopic (exact) mass is 294 g/mol. The minimum atomic E-state index is 0.637. The molecule has 3 rings (SSSR count). The SMILES string of the molecule is NCc1ccc(CC2CCN(Cc3ccccc3)CC2)cc1. The number of hydrogen-bond acceptors (Lipinski definition) is 2. The quantitative estimate of drug-likeness (QED) is 0.913. The second kappa shape index (κ2) is 7.57. The van der Waals surface area contributed by atoms with E-state index in [1.54, 1.807) is 0 Å². The Balaban J connectivity index is 1.47. The van der Waals surface area contributed by atoms with Crippen LogP contribution in [0.2, 0.25) is 0 Å². The molecule has 2 N–H and O–H groups in total. The van der Waals surface area contributed by atoms with Gasteiger partial charge < -0.3 is 5.73 Å². The van der Waals surface area contributed by atoms with Crippen LogP contribution in [0.25, 0.3) is 0 Å². The Morgan fingerprint density at radius 3 is 2.09 bits per heavy atom. The maximum Gasteiger partial charge on any atom is 0.0233 e. The van der Waals surface area contributed by atoms with Gasteiger partial charge in [-0.3, -0.25) is 4.90 Å². The van der Waals surface area contributed by atoms with Crippen LogP contribution < -0.4 is 5.73 Å². The molecule has 0 atom stereocenters. The van der Waals surface area contributed by atoms with Gasteiger partial charge in [-0.2, -0.15) is 0 Å². The molecule has 1 aliphatic rings. The third kappa shape index (κ3) is 4.19. The number of hydrogen-bond donors (Lipinski definition) is 1. The number of benzene rings is 2. The van der Waals surface area contributed by atoms with E-state index in [0.29, 0.717) is 6.54 Å². The molecule has 1 heterocycles. The largest absolute Gasteiger partial charge is 0.326 e. The second-order valence-corrected chi connectivity index (χ2v) is 6.43. The average Bonchev–Trinajstić information content (AvgIpc) is 2.58. The lowest BCUT2D eigenvalue weighted by Gasteiger charge is -2.32. The fraction of sp³-hybridized carbons (Fsp3) is 0.400. The van der Waals surface area contributed by atoms with Gasteiger partial charge >= 0.3 is 0 Å². The first-order valence-electron chi connectivity index (χ1n) is 8.37. The molecule has 2 heteroatoms. The molecule has 0 unspecified atom stereocenters. The van der Waals surface area contributed by atoms with Crippen LogP contribution >= 0.6 is 0 Å². The number of likely N-dealkylation sites (tertiary alicyclic amines) is 1. The summed E-state index contributed by atoms with van der Waals surface area (Å²) in [7, 11) is 0. The van der Waals surface area contributed by atoms with Crippen LogP contribution in [0.15, 0.2) is 54.6 Å². The van der Waals surface area contributed by atoms with Gasteiger partial charge in [0.1, 0.15) is 0 Å². The van der Waals surface area contributed by atoms with Crippen LogP contribution in [0, 0.1) is 5.92 Å². The van der Waals surface area contributed by atoms with Gasteiger partial charge in [0.25, 0.3) is 0 Å². The van der Waals surface area contributed by atoms with Gasteiger partial charge in [0.05, 0.1) is 0 Å². The molecule has 2 aromatic carbocycles. The van der Waals surface area contributed by atoms with Gasteiger partial charge in [0, 0.05) is 13.1 Å². The molecule has 116 valence electrons. The standard InChI is InChI=1S/C20H26N2/c21-15-19-8-6-17(7-9-19)14-18-10-12-22(13-11-18)16-20-4-2-1-3-5-20/h1-9,18H,10-16,21H2. The van der Waals surface area contributed by atoms with Gasteiger partial charge in [-0.25, -0.2) is 0 Å². The molecule has 1 fully saturated rings. The molecular formula is C20H26N2. The Kier molecular flexibility index (Phi) is 5.25. The fourth-order valence-corrected chi connectivity index (χ4v) is 3.34. The molecule has 0 spiro atoms. The first kappa shape index (κ1) is 15.3. The highest BCUT2D eigenvalue weighted by Gasteiger charge is 2.19. The molecule has 2 nitrogen and oxygen atoms in total. The molecule has 0 aliphatic carbocycles. The molecule has 0 amide bonds. The Morgan fingerprint density at radius 2 is 1.45 bits per heavy atom. The minimum absolute atomic E-state index is 0.637. The van der Waals surface area contributed by atoms with E-state index in [1.807, 2.05) is 0 Å². The smallest absolute Gasteiger partial charge is 0.0233 e. The number of piperidine rings is 1. The van der Waals surface area contributed by atoms with Crippen LogP contribution in [-0.2, 0) is 19.5 Å². The number of nitrogens with zero attached hydrogens (tertiary/aromatic N) is 1. The van der Waals surface area contributed by atoms with E-state index in [4.69, 9.17) is 5.73 Å². The summed E-state index contributed by atoms with van der Waals surface area (Å²) in [6.07, 6.45) is 3.83. The average molecular weight is 294 g/mol. The predicted molar refractivity (Wildman–Crippen MR) is 92.5 cm³/mol. The van der Waals surface area contributed by atoms with Crippen molar-refractivity contribution >= 4 is 0 Å². The maximum absolute atomic E-state index is 5.66. The highest BCUT2D eigenvalue weighted by molar-refractivity contribution is 5.22. The molecular weight excluding hydrogens is 268 g/mol. The molecule has 22 heavy (non-hydrogen) atoms. The maximum atomic E-state index is 5.66. The summed E-state index contributed by atoms with van der Waals surface area (Å²) in [5, 5.41) is 0. The van der Waals surface area contributed by atoms with Crippen molar-refractivity contribution in [1.29, 1.82) is 0 Å². The Morgan fingerprint density at radius 1 is 0.818 bits per heavy atom.